The van der Waals surface area contributed by atoms with Crippen LogP contribution < -0.4 is 35.7 Å². The summed E-state index contributed by atoms with van der Waals surface area (Å²) in [6, 6.07) is 16.5. The molecule has 3 aromatic rings. The van der Waals surface area contributed by atoms with Gasteiger partial charge in [0.15, 0.2) is 11.5 Å². The van der Waals surface area contributed by atoms with Crippen molar-refractivity contribution in [1.82, 2.24) is 16.2 Å². The molecule has 11 nitrogen and oxygen atoms in total. The van der Waals surface area contributed by atoms with E-state index < -0.39 is 29.7 Å². The number of para-hydroxylation sites is 1. The predicted molar refractivity (Wildman–Crippen MR) is 149 cm³/mol. The lowest BCUT2D eigenvalue weighted by Crippen LogP contribution is -2.54. The average Bonchev–Trinajstić information content (AvgIpc) is 2.97. The molecule has 0 heterocycles. The third-order valence-electron chi connectivity index (χ3n) is 5.95. The van der Waals surface area contributed by atoms with Gasteiger partial charge >= 0.3 is 0 Å². The van der Waals surface area contributed by atoms with E-state index in [0.717, 1.165) is 0 Å². The molecule has 0 aliphatic carbocycles. The molecule has 3 aromatic carbocycles. The Balaban J connectivity index is 1.68. The van der Waals surface area contributed by atoms with Crippen LogP contribution in [0.25, 0.3) is 0 Å². The van der Waals surface area contributed by atoms with Gasteiger partial charge in [0, 0.05) is 11.1 Å². The summed E-state index contributed by atoms with van der Waals surface area (Å²) < 4.78 is 15.5. The first-order valence-electron chi connectivity index (χ1n) is 12.4. The van der Waals surface area contributed by atoms with Gasteiger partial charge in [0.2, 0.25) is 0 Å². The van der Waals surface area contributed by atoms with Gasteiger partial charge in [-0.1, -0.05) is 26.0 Å². The van der Waals surface area contributed by atoms with Crippen molar-refractivity contribution in [3.8, 4) is 17.2 Å². The summed E-state index contributed by atoms with van der Waals surface area (Å²) in [6.45, 7) is 3.50. The minimum atomic E-state index is -0.997. The van der Waals surface area contributed by atoms with Crippen LogP contribution in [0.4, 0.5) is 5.69 Å². The van der Waals surface area contributed by atoms with E-state index in [1.807, 2.05) is 0 Å². The van der Waals surface area contributed by atoms with Crippen LogP contribution in [-0.2, 0) is 4.79 Å². The summed E-state index contributed by atoms with van der Waals surface area (Å²) in [5, 5.41) is 5.43. The molecule has 0 saturated carbocycles. The van der Waals surface area contributed by atoms with E-state index in [9.17, 15) is 19.2 Å². The van der Waals surface area contributed by atoms with E-state index in [4.69, 9.17) is 14.2 Å². The van der Waals surface area contributed by atoms with Crippen molar-refractivity contribution in [3.63, 3.8) is 0 Å². The van der Waals surface area contributed by atoms with Gasteiger partial charge in [-0.3, -0.25) is 30.0 Å². The Bertz CT molecular complexity index is 1370. The zero-order chi connectivity index (χ0) is 29.2. The molecule has 0 aromatic heterocycles. The topological polar surface area (TPSA) is 144 Å². The lowest BCUT2D eigenvalue weighted by molar-refractivity contribution is -0.124. The number of carbonyl (C=O) groups is 4. The second kappa shape index (κ2) is 13.7. The van der Waals surface area contributed by atoms with Gasteiger partial charge in [0.25, 0.3) is 23.6 Å². The molecule has 40 heavy (non-hydrogen) atoms. The van der Waals surface area contributed by atoms with E-state index in [-0.39, 0.29) is 22.7 Å². The fourth-order valence-corrected chi connectivity index (χ4v) is 3.73. The first-order valence-corrected chi connectivity index (χ1v) is 12.4. The Kier molecular flexibility index (Phi) is 10.1. The van der Waals surface area contributed by atoms with Crippen LogP contribution in [0.1, 0.15) is 44.9 Å². The number of nitrogens with one attached hydrogen (secondary N) is 4. The molecule has 0 aliphatic heterocycles. The van der Waals surface area contributed by atoms with Gasteiger partial charge in [0.1, 0.15) is 11.8 Å². The Morgan fingerprint density at radius 1 is 0.675 bits per heavy atom. The molecular formula is C29H32N4O7. The lowest BCUT2D eigenvalue weighted by atomic mass is 10.0. The number of hydrogen-bond donors (Lipinski definition) is 4. The Labute approximate surface area is 232 Å². The number of hydrogen-bond acceptors (Lipinski definition) is 7. The molecule has 3 rings (SSSR count). The minimum absolute atomic E-state index is 0.164. The van der Waals surface area contributed by atoms with Crippen LogP contribution in [0.15, 0.2) is 66.7 Å². The highest BCUT2D eigenvalue weighted by atomic mass is 16.5. The molecule has 0 fully saturated rings. The molecule has 0 saturated heterocycles. The zero-order valence-corrected chi connectivity index (χ0v) is 22.9. The van der Waals surface area contributed by atoms with Gasteiger partial charge < -0.3 is 24.8 Å². The quantitative estimate of drug-likeness (QED) is 0.285. The van der Waals surface area contributed by atoms with Crippen molar-refractivity contribution < 1.29 is 33.4 Å². The highest BCUT2D eigenvalue weighted by Crippen LogP contribution is 2.27. The Hall–Kier alpha value is -5.06. The molecule has 0 spiro atoms. The van der Waals surface area contributed by atoms with Gasteiger partial charge in [-0.2, -0.15) is 0 Å². The van der Waals surface area contributed by atoms with E-state index in [0.29, 0.717) is 22.8 Å². The maximum atomic E-state index is 13.2. The Morgan fingerprint density at radius 2 is 1.32 bits per heavy atom. The second-order valence-electron chi connectivity index (χ2n) is 8.94. The number of carbonyl (C=O) groups excluding carboxylic acids is 4. The predicted octanol–water partition coefficient (Wildman–Crippen LogP) is 3.18. The smallest absolute Gasteiger partial charge is 0.269 e. The van der Waals surface area contributed by atoms with Crippen LogP contribution in [-0.4, -0.2) is 51.0 Å². The molecule has 0 aliphatic rings. The number of ether oxygens (including phenoxy) is 3. The first-order chi connectivity index (χ1) is 19.2. The summed E-state index contributed by atoms with van der Waals surface area (Å²) in [5.41, 5.74) is 5.74. The van der Waals surface area contributed by atoms with Crippen LogP contribution in [0.3, 0.4) is 0 Å². The third-order valence-corrected chi connectivity index (χ3v) is 5.95. The second-order valence-corrected chi connectivity index (χ2v) is 8.94. The highest BCUT2D eigenvalue weighted by Gasteiger charge is 2.26. The number of amides is 4. The van der Waals surface area contributed by atoms with Crippen molar-refractivity contribution in [2.75, 3.05) is 26.6 Å². The summed E-state index contributed by atoms with van der Waals surface area (Å²) in [4.78, 5) is 51.5. The van der Waals surface area contributed by atoms with E-state index in [1.165, 1.54) is 39.5 Å². The molecule has 0 unspecified atom stereocenters. The van der Waals surface area contributed by atoms with Gasteiger partial charge in [-0.05, 0) is 60.5 Å². The zero-order valence-electron chi connectivity index (χ0n) is 22.9. The van der Waals surface area contributed by atoms with Crippen LogP contribution in [0.5, 0.6) is 17.2 Å². The molecule has 1 atom stereocenters. The number of rotatable bonds is 10. The largest absolute Gasteiger partial charge is 0.497 e. The van der Waals surface area contributed by atoms with Gasteiger partial charge in [-0.15, -0.1) is 0 Å². The summed E-state index contributed by atoms with van der Waals surface area (Å²) >= 11 is 0. The van der Waals surface area contributed by atoms with Crippen molar-refractivity contribution in [1.29, 1.82) is 0 Å². The van der Waals surface area contributed by atoms with Crippen molar-refractivity contribution in [3.05, 3.63) is 83.4 Å². The normalized spacial score (nSPS) is 11.2. The third kappa shape index (κ3) is 7.28. The monoisotopic (exact) mass is 548 g/mol. The van der Waals surface area contributed by atoms with Gasteiger partial charge in [-0.25, -0.2) is 0 Å². The van der Waals surface area contributed by atoms with Crippen LogP contribution >= 0.6 is 0 Å². The molecule has 11 heteroatoms. The maximum absolute atomic E-state index is 13.2. The summed E-state index contributed by atoms with van der Waals surface area (Å²) in [7, 11) is 4.45. The number of hydrazine groups is 1. The Morgan fingerprint density at radius 3 is 1.95 bits per heavy atom. The van der Waals surface area contributed by atoms with E-state index in [2.05, 4.69) is 21.5 Å². The number of methoxy groups -OCH3 is 3. The SMILES string of the molecule is COc1ccc(C(=O)Nc2ccccc2C(=O)N[C@H](C(=O)NNC(=O)c2ccc(OC)c(OC)c2)C(C)C)cc1. The molecule has 210 valence electrons. The van der Waals surface area contributed by atoms with E-state index in [1.54, 1.807) is 62.4 Å². The highest BCUT2D eigenvalue weighted by molar-refractivity contribution is 6.09. The minimum Gasteiger partial charge on any atom is -0.497 e. The molecule has 0 radical (unpaired) electrons. The summed E-state index contributed by atoms with van der Waals surface area (Å²) in [6.07, 6.45) is 0. The number of anilines is 1. The van der Waals surface area contributed by atoms with Crippen molar-refractivity contribution in [2.45, 2.75) is 19.9 Å². The standard InChI is InChI=1S/C29H32N4O7/c1-17(2)25(29(37)33-32-27(35)19-12-15-23(39-4)24(16-19)40-5)31-28(36)21-8-6-7-9-22(21)30-26(34)18-10-13-20(38-3)14-11-18/h6-17,25H,1-5H3,(H,30,34)(H,31,36)(H,32,35)(H,33,37)/t25-/m0/s1. The number of benzene rings is 3. The molecule has 0 bridgehead atoms. The van der Waals surface area contributed by atoms with E-state index >= 15 is 0 Å². The van der Waals surface area contributed by atoms with Crippen LogP contribution in [0.2, 0.25) is 0 Å². The lowest BCUT2D eigenvalue weighted by Gasteiger charge is -2.22. The fraction of sp³-hybridized carbons (Fsp3) is 0.241. The molecule has 4 amide bonds. The average molecular weight is 549 g/mol. The van der Waals surface area contributed by atoms with Crippen LogP contribution in [0, 0.1) is 5.92 Å². The van der Waals surface area contributed by atoms with Crippen molar-refractivity contribution >= 4 is 29.3 Å². The van der Waals surface area contributed by atoms with Crippen molar-refractivity contribution in [2.24, 2.45) is 5.92 Å². The molecule has 4 N–H and O–H groups in total. The fourth-order valence-electron chi connectivity index (χ4n) is 3.73. The van der Waals surface area contributed by atoms with Gasteiger partial charge in [0.05, 0.1) is 32.6 Å². The maximum Gasteiger partial charge on any atom is 0.269 e. The summed E-state index contributed by atoms with van der Waals surface area (Å²) in [5.74, 6) is -1.13. The molecular weight excluding hydrogens is 516 g/mol. The first kappa shape index (κ1) is 29.5.